The van der Waals surface area contributed by atoms with Crippen LogP contribution in [-0.2, 0) is 97.8 Å². The first kappa shape index (κ1) is 69.6. The topological polar surface area (TPSA) is 388 Å². The second-order valence-electron chi connectivity index (χ2n) is 23.0. The number of benzene rings is 3. The number of ether oxygens (including phenoxy) is 4. The number of rotatable bonds is 12. The lowest BCUT2D eigenvalue weighted by atomic mass is 10.1. The molecule has 13 rings (SSSR count). The summed E-state index contributed by atoms with van der Waals surface area (Å²) in [6, 6.07) is 21.3. The Labute approximate surface area is 538 Å². The van der Waals surface area contributed by atoms with E-state index in [1.807, 2.05) is 98.5 Å². The Bertz CT molecular complexity index is 4080. The molecule has 0 radical (unpaired) electrons. The highest BCUT2D eigenvalue weighted by molar-refractivity contribution is 5.88. The molecule has 6 aliphatic rings. The molecule has 0 spiro atoms. The predicted octanol–water partition coefficient (Wildman–Crippen LogP) is 1.33. The number of nitrogens with zero attached hydrogens (tertiary/aromatic N) is 12. The number of hydrogen-bond donors (Lipinski definition) is 4. The Balaban J connectivity index is 0.000000151. The Morgan fingerprint density at radius 1 is 0.500 bits per heavy atom. The van der Waals surface area contributed by atoms with E-state index < -0.39 is 30.1 Å². The first-order chi connectivity index (χ1) is 45.1. The van der Waals surface area contributed by atoms with Gasteiger partial charge in [-0.1, -0.05) is 89.5 Å². The number of likely N-dealkylation sites (tertiary alicyclic amines) is 1. The highest BCUT2D eigenvalue weighted by Crippen LogP contribution is 2.28. The molecule has 2 saturated heterocycles. The molecule has 0 saturated carbocycles. The van der Waals surface area contributed by atoms with Crippen LogP contribution in [0.4, 0.5) is 0 Å². The van der Waals surface area contributed by atoms with Crippen molar-refractivity contribution < 1.29 is 57.6 Å². The van der Waals surface area contributed by atoms with E-state index in [9.17, 15) is 52.7 Å². The van der Waals surface area contributed by atoms with Gasteiger partial charge in [-0.2, -0.15) is 20.4 Å². The van der Waals surface area contributed by atoms with Gasteiger partial charge in [0.05, 0.1) is 54.6 Å². The number of carboxylic acid groups (broad SMARTS) is 1. The smallest absolute Gasteiger partial charge is 0.347 e. The van der Waals surface area contributed by atoms with Crippen molar-refractivity contribution in [3.63, 3.8) is 0 Å². The maximum absolute atomic E-state index is 12.8. The Morgan fingerprint density at radius 2 is 0.883 bits per heavy atom. The van der Waals surface area contributed by atoms with Crippen LogP contribution in [0.1, 0.15) is 132 Å². The van der Waals surface area contributed by atoms with Gasteiger partial charge in [-0.05, 0) is 82.4 Å². The molecule has 3 aromatic carbocycles. The van der Waals surface area contributed by atoms with E-state index in [-0.39, 0.29) is 71.0 Å². The monoisotopic (exact) mass is 1300 g/mol. The predicted molar refractivity (Wildman–Crippen MR) is 334 cm³/mol. The highest BCUT2D eigenvalue weighted by Gasteiger charge is 2.38. The van der Waals surface area contributed by atoms with E-state index >= 15 is 0 Å². The van der Waals surface area contributed by atoms with Crippen molar-refractivity contribution in [3.05, 3.63) is 171 Å². The number of nitrogens with two attached hydrogens (primary N) is 1. The molecule has 5 N–H and O–H groups in total. The van der Waals surface area contributed by atoms with E-state index in [1.54, 1.807) is 4.57 Å². The summed E-state index contributed by atoms with van der Waals surface area (Å²) in [4.78, 5) is 128. The second kappa shape index (κ2) is 31.8. The molecule has 5 unspecified atom stereocenters. The lowest BCUT2D eigenvalue weighted by Gasteiger charge is -2.20. The minimum absolute atomic E-state index is 0.0312. The molecule has 2 amide bonds. The number of aliphatic carboxylic acids is 1. The standard InChI is InChI=1S/C18H22N4O2.C15H17N3O3.C14H15N3O3.C7H9N3O3.C6H9NO3.C3H7NO2/c1-13-4-6-14(7-5-13)12-21-18(24)22-15(8-9-16(22)19-21)17(23)20-10-2-3-11-20;1-10-3-5-11(6-4-10)9-17-15(20)18-12(14(19)21-2)7-8-13(18)16-17;1-9-2-4-10(5-3-9)8-16-14(20)17-11(13(18)19)6-7-12(17)15-16;1-13-6(11)4-2-3-5-8-9-7(12)10(4)5;1-10-6(9)4-2-3-5(8)7-4;1-6-3(5)2-4/h4-7,15H,2-3,8-12H2,1H3;3-6,12H,7-9H2,1-2H3;2-5,11H,6-8H2,1H3,(H,18,19);4H,2-3H2,1H3,(H,9,12);4H,2-3H2,1H3,(H,7,8);2,4H2,1H3. The number of H-pyrrole nitrogens is 1. The summed E-state index contributed by atoms with van der Waals surface area (Å²) in [6.07, 6.45) is 7.91. The number of aryl methyl sites for hydroxylation is 7. The van der Waals surface area contributed by atoms with Gasteiger partial charge in [-0.15, -0.1) is 0 Å². The quantitative estimate of drug-likeness (QED) is 0.0990. The van der Waals surface area contributed by atoms with Crippen LogP contribution in [0.5, 0.6) is 0 Å². The van der Waals surface area contributed by atoms with Gasteiger partial charge in [-0.3, -0.25) is 32.7 Å². The molecule has 5 atom stereocenters. The number of hydrogen-bond acceptors (Lipinski definition) is 20. The maximum Gasteiger partial charge on any atom is 0.347 e. The van der Waals surface area contributed by atoms with E-state index in [0.29, 0.717) is 101 Å². The fraction of sp³-hybridized carbons (Fsp3) is 0.476. The summed E-state index contributed by atoms with van der Waals surface area (Å²) in [7, 11) is 5.26. The minimum Gasteiger partial charge on any atom is -0.480 e. The van der Waals surface area contributed by atoms with Gasteiger partial charge >= 0.3 is 52.6 Å². The lowest BCUT2D eigenvalue weighted by Crippen LogP contribution is -2.38. The molecule has 10 heterocycles. The number of fused-ring (bicyclic) bond motifs is 4. The van der Waals surface area contributed by atoms with E-state index in [0.717, 1.165) is 54.0 Å². The normalized spacial score (nSPS) is 18.2. The minimum atomic E-state index is -0.972. The maximum atomic E-state index is 12.8. The number of methoxy groups -OCH3 is 4. The number of carboxylic acids is 1. The largest absolute Gasteiger partial charge is 0.480 e. The van der Waals surface area contributed by atoms with Crippen LogP contribution in [0.15, 0.2) is 92.0 Å². The molecule has 31 heteroatoms. The Morgan fingerprint density at radius 3 is 1.26 bits per heavy atom. The first-order valence-corrected chi connectivity index (χ1v) is 30.8. The summed E-state index contributed by atoms with van der Waals surface area (Å²) in [5.41, 5.74) is 10.2. The zero-order valence-corrected chi connectivity index (χ0v) is 53.6. The van der Waals surface area contributed by atoms with Gasteiger partial charge in [0.15, 0.2) is 0 Å². The molecular weight excluding hydrogens is 1220 g/mol. The lowest BCUT2D eigenvalue weighted by molar-refractivity contribution is -0.145. The van der Waals surface area contributed by atoms with Crippen LogP contribution in [0, 0.1) is 20.8 Å². The summed E-state index contributed by atoms with van der Waals surface area (Å²) >= 11 is 0. The number of aromatic nitrogens is 12. The van der Waals surface area contributed by atoms with Crippen molar-refractivity contribution in [1.82, 2.24) is 68.0 Å². The molecule has 0 aliphatic carbocycles. The second-order valence-corrected chi connectivity index (χ2v) is 23.0. The Kier molecular flexibility index (Phi) is 23.5. The van der Waals surface area contributed by atoms with Crippen molar-refractivity contribution in [3.8, 4) is 0 Å². The molecule has 94 heavy (non-hydrogen) atoms. The molecule has 2 fully saturated rings. The van der Waals surface area contributed by atoms with E-state index in [1.165, 1.54) is 67.3 Å². The third-order valence-corrected chi connectivity index (χ3v) is 16.6. The van der Waals surface area contributed by atoms with Crippen molar-refractivity contribution >= 4 is 41.7 Å². The van der Waals surface area contributed by atoms with Crippen LogP contribution in [0.3, 0.4) is 0 Å². The molecular formula is C63H79N15O16. The van der Waals surface area contributed by atoms with E-state index in [2.05, 4.69) is 45.0 Å². The van der Waals surface area contributed by atoms with Gasteiger partial charge in [0, 0.05) is 45.2 Å². The SMILES string of the molecule is COC(=O)C1CCC(=O)N1.COC(=O)C1CCc2n[nH]c(=O)n21.COC(=O)C1CCc2nn(Cc3ccc(C)cc3)c(=O)n21.COC(=O)CN.Cc1ccc(Cn2nc3n(c2=O)C(C(=O)N2CCCC2)CC3)cc1.Cc1ccc(Cn2nc3n(c2=O)C(C(=O)O)CC3)cc1. The molecule has 6 aliphatic heterocycles. The van der Waals surface area contributed by atoms with Crippen molar-refractivity contribution in [2.75, 3.05) is 48.1 Å². The van der Waals surface area contributed by atoms with Crippen LogP contribution < -0.4 is 33.8 Å². The number of esters is 4. The van der Waals surface area contributed by atoms with Crippen LogP contribution in [0.2, 0.25) is 0 Å². The summed E-state index contributed by atoms with van der Waals surface area (Å²) < 4.78 is 27.9. The highest BCUT2D eigenvalue weighted by atomic mass is 16.5. The van der Waals surface area contributed by atoms with Gasteiger partial charge < -0.3 is 40.0 Å². The first-order valence-electron chi connectivity index (χ1n) is 30.8. The number of aromatic amines is 1. The zero-order chi connectivity index (χ0) is 67.9. The number of carbonyl (C=O) groups is 7. The molecule has 7 aromatic rings. The summed E-state index contributed by atoms with van der Waals surface area (Å²) in [6.45, 7) is 8.88. The molecule has 31 nitrogen and oxygen atoms in total. The van der Waals surface area contributed by atoms with Crippen LogP contribution in [-0.4, -0.2) is 164 Å². The van der Waals surface area contributed by atoms with Gasteiger partial charge in [0.2, 0.25) is 11.8 Å². The van der Waals surface area contributed by atoms with Gasteiger partial charge in [0.1, 0.15) is 53.5 Å². The average Bonchev–Trinajstić information content (AvgIpc) is 1.65. The summed E-state index contributed by atoms with van der Waals surface area (Å²) in [5.74, 6) is 0.121. The van der Waals surface area contributed by atoms with Gasteiger partial charge in [0.25, 0.3) is 0 Å². The van der Waals surface area contributed by atoms with Gasteiger partial charge in [-0.25, -0.2) is 57.5 Å². The molecule has 502 valence electrons. The summed E-state index contributed by atoms with van der Waals surface area (Å²) in [5, 5.41) is 30.7. The third kappa shape index (κ3) is 16.6. The van der Waals surface area contributed by atoms with Crippen molar-refractivity contribution in [2.45, 2.75) is 148 Å². The fourth-order valence-corrected chi connectivity index (χ4v) is 11.5. The van der Waals surface area contributed by atoms with E-state index in [4.69, 9.17) is 15.6 Å². The zero-order valence-electron chi connectivity index (χ0n) is 53.6. The van der Waals surface area contributed by atoms with Crippen molar-refractivity contribution in [1.29, 1.82) is 0 Å². The fourth-order valence-electron chi connectivity index (χ4n) is 11.5. The van der Waals surface area contributed by atoms with Crippen LogP contribution >= 0.6 is 0 Å². The number of nitrogens with one attached hydrogen (secondary N) is 2. The van der Waals surface area contributed by atoms with Crippen molar-refractivity contribution in [2.24, 2.45) is 5.73 Å². The van der Waals surface area contributed by atoms with Crippen LogP contribution in [0.25, 0.3) is 0 Å². The Hall–Kier alpha value is -10.3. The third-order valence-electron chi connectivity index (χ3n) is 16.6. The number of amides is 2. The molecule has 0 bridgehead atoms. The molecule has 4 aromatic heterocycles. The number of carbonyl (C=O) groups excluding carboxylic acids is 6. The average molecular weight is 1300 g/mol.